The van der Waals surface area contributed by atoms with Crippen LogP contribution in [0, 0.1) is 0 Å². The van der Waals surface area contributed by atoms with Crippen molar-refractivity contribution in [2.45, 2.75) is 411 Å². The molecule has 1 amide bonds. The number of unbranched alkanes of at least 4 members (excludes halogenated alkanes) is 52. The zero-order chi connectivity index (χ0) is 56.4. The van der Waals surface area contributed by atoms with Gasteiger partial charge in [0.05, 0.1) is 25.4 Å². The fourth-order valence-electron chi connectivity index (χ4n) is 11.3. The van der Waals surface area contributed by atoms with Gasteiger partial charge in [-0.15, -0.1) is 0 Å². The summed E-state index contributed by atoms with van der Waals surface area (Å²) in [4.78, 5) is 24.6. The lowest BCUT2D eigenvalue weighted by Gasteiger charge is -2.22. The molecule has 0 aliphatic rings. The molecule has 0 aromatic rings. The predicted molar refractivity (Wildman–Crippen MR) is 343 cm³/mol. The number of aliphatic hydroxyl groups is 2. The number of esters is 1. The SMILES string of the molecule is CCCCC/C=C\CCCCCCCC(=O)OCCCCCCCCCCCCCC/C=C\CCCCCCCCCCCCCC(=O)NC(CO)C(O)CCCCCCCCCCCCCCCCCCCCCCCC. The number of hydrogen-bond donors (Lipinski definition) is 3. The maximum Gasteiger partial charge on any atom is 0.305 e. The van der Waals surface area contributed by atoms with Gasteiger partial charge in [0, 0.05) is 12.8 Å². The molecule has 0 saturated carbocycles. The second kappa shape index (κ2) is 67.8. The molecule has 6 heteroatoms. The van der Waals surface area contributed by atoms with Crippen LogP contribution in [-0.4, -0.2) is 47.4 Å². The molecule has 0 spiro atoms. The molecule has 0 rings (SSSR count). The van der Waals surface area contributed by atoms with Crippen LogP contribution in [0.3, 0.4) is 0 Å². The highest BCUT2D eigenvalue weighted by Crippen LogP contribution is 2.19. The molecule has 0 fully saturated rings. The van der Waals surface area contributed by atoms with Gasteiger partial charge in [0.25, 0.3) is 0 Å². The molecule has 0 saturated heterocycles. The first-order valence-corrected chi connectivity index (χ1v) is 35.6. The van der Waals surface area contributed by atoms with Crippen molar-refractivity contribution in [3.63, 3.8) is 0 Å². The summed E-state index contributed by atoms with van der Waals surface area (Å²) in [7, 11) is 0. The Hall–Kier alpha value is -1.66. The summed E-state index contributed by atoms with van der Waals surface area (Å²) in [5.41, 5.74) is 0. The number of ether oxygens (including phenoxy) is 1. The third-order valence-corrected chi connectivity index (χ3v) is 16.7. The Kier molecular flexibility index (Phi) is 66.4. The van der Waals surface area contributed by atoms with Crippen molar-refractivity contribution in [2.24, 2.45) is 0 Å². The van der Waals surface area contributed by atoms with Crippen molar-refractivity contribution < 1.29 is 24.5 Å². The van der Waals surface area contributed by atoms with Gasteiger partial charge in [-0.1, -0.05) is 334 Å². The maximum absolute atomic E-state index is 12.5. The fourth-order valence-corrected chi connectivity index (χ4v) is 11.3. The van der Waals surface area contributed by atoms with Crippen molar-refractivity contribution in [2.75, 3.05) is 13.2 Å². The normalized spacial score (nSPS) is 12.6. The van der Waals surface area contributed by atoms with Crippen molar-refractivity contribution in [1.82, 2.24) is 5.32 Å². The van der Waals surface area contributed by atoms with Gasteiger partial charge in [0.2, 0.25) is 5.91 Å². The summed E-state index contributed by atoms with van der Waals surface area (Å²) >= 11 is 0. The van der Waals surface area contributed by atoms with E-state index in [1.165, 1.54) is 321 Å². The average Bonchev–Trinajstić information content (AvgIpc) is 3.44. The smallest absolute Gasteiger partial charge is 0.305 e. The van der Waals surface area contributed by atoms with E-state index >= 15 is 0 Å². The molecule has 0 radical (unpaired) electrons. The standard InChI is InChI=1S/C72H139NO5/c1-3-5-7-9-11-13-15-17-18-19-20-21-29-32-35-38-41-44-48-52-56-60-64-70(75)69(68-74)73-71(76)65-61-57-53-49-45-42-39-36-33-30-27-25-23-22-24-26-28-31-34-37-40-43-47-51-55-59-63-67-78-72(77)66-62-58-54-50-46-16-14-12-10-8-6-4-2/h12,14,22-23,69-70,74-75H,3-11,13,15-21,24-68H2,1-2H3,(H,73,76)/b14-12-,23-22-. The molecule has 6 nitrogen and oxygen atoms in total. The average molecular weight is 1100 g/mol. The number of aliphatic hydroxyl groups excluding tert-OH is 2. The van der Waals surface area contributed by atoms with E-state index in [-0.39, 0.29) is 18.5 Å². The van der Waals surface area contributed by atoms with Crippen LogP contribution in [-0.2, 0) is 14.3 Å². The van der Waals surface area contributed by atoms with Crippen molar-refractivity contribution in [1.29, 1.82) is 0 Å². The fraction of sp³-hybridized carbons (Fsp3) is 0.917. The topological polar surface area (TPSA) is 95.9 Å². The first-order valence-electron chi connectivity index (χ1n) is 35.6. The molecule has 0 heterocycles. The first-order chi connectivity index (χ1) is 38.5. The Bertz CT molecular complexity index is 1220. The zero-order valence-corrected chi connectivity index (χ0v) is 52.9. The summed E-state index contributed by atoms with van der Waals surface area (Å²) in [5, 5.41) is 23.4. The molecule has 78 heavy (non-hydrogen) atoms. The minimum Gasteiger partial charge on any atom is -0.466 e. The number of nitrogens with one attached hydrogen (secondary N) is 1. The molecule has 0 aliphatic carbocycles. The van der Waals surface area contributed by atoms with Gasteiger partial charge in [0.15, 0.2) is 0 Å². The molecule has 3 N–H and O–H groups in total. The van der Waals surface area contributed by atoms with E-state index in [0.717, 1.165) is 44.9 Å². The van der Waals surface area contributed by atoms with E-state index in [1.807, 2.05) is 0 Å². The quantitative estimate of drug-likeness (QED) is 0.0320. The van der Waals surface area contributed by atoms with E-state index in [9.17, 15) is 19.8 Å². The second-order valence-electron chi connectivity index (χ2n) is 24.6. The van der Waals surface area contributed by atoms with E-state index in [0.29, 0.717) is 25.9 Å². The van der Waals surface area contributed by atoms with Gasteiger partial charge in [-0.25, -0.2) is 0 Å². The summed E-state index contributed by atoms with van der Waals surface area (Å²) in [5.74, 6) is -0.0255. The maximum atomic E-state index is 12.5. The van der Waals surface area contributed by atoms with Crippen LogP contribution < -0.4 is 5.32 Å². The number of hydrogen-bond acceptors (Lipinski definition) is 5. The largest absolute Gasteiger partial charge is 0.466 e. The number of rotatable bonds is 67. The molecule has 0 bridgehead atoms. The molecule has 0 aromatic carbocycles. The van der Waals surface area contributed by atoms with Crippen molar-refractivity contribution >= 4 is 11.9 Å². The molecule has 462 valence electrons. The van der Waals surface area contributed by atoms with Crippen LogP contribution in [0.2, 0.25) is 0 Å². The summed E-state index contributed by atoms with van der Waals surface area (Å²) in [6, 6.07) is -0.543. The number of amides is 1. The number of carbonyl (C=O) groups excluding carboxylic acids is 2. The van der Waals surface area contributed by atoms with Gasteiger partial charge in [-0.05, 0) is 77.0 Å². The molecule has 0 aliphatic heterocycles. The summed E-state index contributed by atoms with van der Waals surface area (Å²) < 4.78 is 5.47. The highest BCUT2D eigenvalue weighted by Gasteiger charge is 2.20. The zero-order valence-electron chi connectivity index (χ0n) is 52.9. The van der Waals surface area contributed by atoms with Crippen molar-refractivity contribution in [3.8, 4) is 0 Å². The molecule has 2 unspecified atom stereocenters. The Morgan fingerprint density at radius 2 is 0.603 bits per heavy atom. The molecule has 2 atom stereocenters. The third-order valence-electron chi connectivity index (χ3n) is 16.7. The van der Waals surface area contributed by atoms with Crippen LogP contribution in [0.1, 0.15) is 399 Å². The van der Waals surface area contributed by atoms with Crippen LogP contribution in [0.4, 0.5) is 0 Å². The lowest BCUT2D eigenvalue weighted by atomic mass is 10.0. The van der Waals surface area contributed by atoms with Crippen LogP contribution >= 0.6 is 0 Å². The summed E-state index contributed by atoms with van der Waals surface area (Å²) in [6.07, 6.45) is 85.1. The highest BCUT2D eigenvalue weighted by molar-refractivity contribution is 5.76. The monoisotopic (exact) mass is 1100 g/mol. The van der Waals surface area contributed by atoms with Gasteiger partial charge in [-0.2, -0.15) is 0 Å². The molecular formula is C72H139NO5. The van der Waals surface area contributed by atoms with Crippen molar-refractivity contribution in [3.05, 3.63) is 24.3 Å². The Labute approximate surface area is 488 Å². The summed E-state index contributed by atoms with van der Waals surface area (Å²) in [6.45, 7) is 4.96. The van der Waals surface area contributed by atoms with E-state index < -0.39 is 12.1 Å². The van der Waals surface area contributed by atoms with Crippen LogP contribution in [0.25, 0.3) is 0 Å². The highest BCUT2D eigenvalue weighted by atomic mass is 16.5. The van der Waals surface area contributed by atoms with E-state index in [2.05, 4.69) is 43.5 Å². The second-order valence-corrected chi connectivity index (χ2v) is 24.6. The third kappa shape index (κ3) is 63.5. The minimum absolute atomic E-state index is 0.00570. The van der Waals surface area contributed by atoms with Crippen LogP contribution in [0.5, 0.6) is 0 Å². The van der Waals surface area contributed by atoms with E-state index in [1.54, 1.807) is 0 Å². The van der Waals surface area contributed by atoms with Gasteiger partial charge in [-0.3, -0.25) is 9.59 Å². The number of carbonyl (C=O) groups is 2. The Morgan fingerprint density at radius 3 is 0.936 bits per heavy atom. The molecular weight excluding hydrogens is 959 g/mol. The lowest BCUT2D eigenvalue weighted by Crippen LogP contribution is -2.45. The number of allylic oxidation sites excluding steroid dienone is 4. The first kappa shape index (κ1) is 76.3. The predicted octanol–water partition coefficient (Wildman–Crippen LogP) is 22.9. The van der Waals surface area contributed by atoms with E-state index in [4.69, 9.17) is 4.74 Å². The van der Waals surface area contributed by atoms with Gasteiger partial charge >= 0.3 is 5.97 Å². The Balaban J connectivity index is 3.39. The minimum atomic E-state index is -0.666. The lowest BCUT2D eigenvalue weighted by molar-refractivity contribution is -0.143. The Morgan fingerprint density at radius 1 is 0.346 bits per heavy atom. The van der Waals surface area contributed by atoms with Crippen LogP contribution in [0.15, 0.2) is 24.3 Å². The van der Waals surface area contributed by atoms with Gasteiger partial charge < -0.3 is 20.3 Å². The van der Waals surface area contributed by atoms with Gasteiger partial charge in [0.1, 0.15) is 0 Å². The molecule has 0 aromatic heterocycles.